The van der Waals surface area contributed by atoms with Crippen molar-refractivity contribution in [1.82, 2.24) is 4.98 Å². The Balaban J connectivity index is 1.97. The Hall–Kier alpha value is -0.910. The summed E-state index contributed by atoms with van der Waals surface area (Å²) in [6.07, 6.45) is 1.81. The number of ether oxygens (including phenoxy) is 1. The second kappa shape index (κ2) is 4.40. The van der Waals surface area contributed by atoms with E-state index in [9.17, 15) is 5.11 Å². The first-order chi connectivity index (χ1) is 8.24. The van der Waals surface area contributed by atoms with Gasteiger partial charge in [-0.1, -0.05) is 22.0 Å². The zero-order valence-electron chi connectivity index (χ0n) is 8.84. The first-order valence-corrected chi connectivity index (χ1v) is 6.94. The van der Waals surface area contributed by atoms with Crippen molar-refractivity contribution < 1.29 is 9.84 Å². The van der Waals surface area contributed by atoms with Crippen LogP contribution < -0.4 is 4.74 Å². The number of aliphatic hydroxyl groups excluding tert-OH is 1. The van der Waals surface area contributed by atoms with E-state index in [1.165, 1.54) is 0 Å². The molecule has 0 amide bonds. The van der Waals surface area contributed by atoms with Gasteiger partial charge in [0.05, 0.1) is 16.5 Å². The zero-order valence-corrected chi connectivity index (χ0v) is 11.2. The average molecular weight is 312 g/mol. The first-order valence-electron chi connectivity index (χ1n) is 5.26. The Bertz CT molecular complexity index is 529. The first kappa shape index (κ1) is 11.2. The highest BCUT2D eigenvalue weighted by molar-refractivity contribution is 9.10. The van der Waals surface area contributed by atoms with Crippen molar-refractivity contribution in [3.63, 3.8) is 0 Å². The minimum Gasteiger partial charge on any atom is -0.484 e. The number of fused-ring (bicyclic) bond motifs is 1. The summed E-state index contributed by atoms with van der Waals surface area (Å²) >= 11 is 4.96. The lowest BCUT2D eigenvalue weighted by Gasteiger charge is -2.28. The molecule has 88 valence electrons. The van der Waals surface area contributed by atoms with Crippen LogP contribution in [0, 0.1) is 0 Å². The van der Waals surface area contributed by atoms with Crippen LogP contribution in [0.4, 0.5) is 0 Å². The van der Waals surface area contributed by atoms with Gasteiger partial charge in [-0.25, -0.2) is 0 Å². The third-order valence-electron chi connectivity index (χ3n) is 2.81. The van der Waals surface area contributed by atoms with Crippen LogP contribution >= 0.6 is 27.3 Å². The van der Waals surface area contributed by atoms with E-state index in [4.69, 9.17) is 4.74 Å². The number of hydrogen-bond donors (Lipinski definition) is 1. The minimum atomic E-state index is -0.473. The topological polar surface area (TPSA) is 42.4 Å². The van der Waals surface area contributed by atoms with Crippen LogP contribution in [0.2, 0.25) is 0 Å². The van der Waals surface area contributed by atoms with Gasteiger partial charge in [-0.2, -0.15) is 0 Å². The van der Waals surface area contributed by atoms with Crippen LogP contribution in [0.25, 0.3) is 0 Å². The van der Waals surface area contributed by atoms with Crippen molar-refractivity contribution in [2.24, 2.45) is 0 Å². The molecule has 2 heterocycles. The number of benzene rings is 1. The molecule has 1 aromatic carbocycles. The van der Waals surface area contributed by atoms with E-state index >= 15 is 0 Å². The van der Waals surface area contributed by atoms with Gasteiger partial charge in [0.25, 0.3) is 0 Å². The van der Waals surface area contributed by atoms with E-state index in [0.29, 0.717) is 6.42 Å². The van der Waals surface area contributed by atoms with Gasteiger partial charge in [0.15, 0.2) is 0 Å². The van der Waals surface area contributed by atoms with E-state index in [1.54, 1.807) is 23.0 Å². The predicted octanol–water partition coefficient (Wildman–Crippen LogP) is 3.46. The molecule has 0 spiro atoms. The van der Waals surface area contributed by atoms with E-state index in [1.807, 2.05) is 18.2 Å². The monoisotopic (exact) mass is 311 g/mol. The van der Waals surface area contributed by atoms with Crippen molar-refractivity contribution >= 4 is 27.3 Å². The molecule has 1 aliphatic rings. The molecule has 2 atom stereocenters. The van der Waals surface area contributed by atoms with E-state index < -0.39 is 6.10 Å². The summed E-state index contributed by atoms with van der Waals surface area (Å²) in [5, 5.41) is 10.1. The summed E-state index contributed by atoms with van der Waals surface area (Å²) < 4.78 is 6.86. The lowest BCUT2D eigenvalue weighted by molar-refractivity contribution is 0.0673. The maximum atomic E-state index is 10.1. The molecule has 3 rings (SSSR count). The molecule has 17 heavy (non-hydrogen) atoms. The molecule has 0 bridgehead atoms. The predicted molar refractivity (Wildman–Crippen MR) is 69.2 cm³/mol. The largest absolute Gasteiger partial charge is 0.484 e. The number of hydrogen-bond acceptors (Lipinski definition) is 4. The van der Waals surface area contributed by atoms with Crippen molar-refractivity contribution in [3.8, 4) is 5.75 Å². The Morgan fingerprint density at radius 1 is 1.47 bits per heavy atom. The molecule has 0 aliphatic carbocycles. The van der Waals surface area contributed by atoms with Crippen molar-refractivity contribution in [2.45, 2.75) is 18.6 Å². The van der Waals surface area contributed by atoms with Gasteiger partial charge >= 0.3 is 0 Å². The normalized spacial score (nSPS) is 22.9. The molecule has 1 unspecified atom stereocenters. The Labute approximate surface area is 111 Å². The van der Waals surface area contributed by atoms with Gasteiger partial charge in [0.1, 0.15) is 11.9 Å². The summed E-state index contributed by atoms with van der Waals surface area (Å²) in [7, 11) is 0. The number of aromatic nitrogens is 1. The summed E-state index contributed by atoms with van der Waals surface area (Å²) in [4.78, 5) is 5.09. The highest BCUT2D eigenvalue weighted by Gasteiger charge is 2.28. The summed E-state index contributed by atoms with van der Waals surface area (Å²) in [5.74, 6) is 0.747. The van der Waals surface area contributed by atoms with Crippen LogP contribution in [-0.2, 0) is 0 Å². The molecule has 0 fully saturated rings. The van der Waals surface area contributed by atoms with Gasteiger partial charge in [0, 0.05) is 22.7 Å². The second-order valence-corrected chi connectivity index (χ2v) is 5.78. The number of nitrogens with zero attached hydrogens (tertiary/aromatic N) is 1. The lowest BCUT2D eigenvalue weighted by Crippen LogP contribution is -2.18. The molecular formula is C12H10BrNO2S. The van der Waals surface area contributed by atoms with Crippen LogP contribution in [-0.4, -0.2) is 10.1 Å². The van der Waals surface area contributed by atoms with Crippen LogP contribution in [0.5, 0.6) is 5.75 Å². The SMILES string of the molecule is O[C@H]1CC(c2cncs2)Oc2cc(Br)ccc21. The molecule has 1 aromatic heterocycles. The molecule has 5 heteroatoms. The minimum absolute atomic E-state index is 0.0979. The fraction of sp³-hybridized carbons (Fsp3) is 0.250. The summed E-state index contributed by atoms with van der Waals surface area (Å²) in [6.45, 7) is 0. The molecule has 0 saturated carbocycles. The average Bonchev–Trinajstić information content (AvgIpc) is 2.81. The van der Waals surface area contributed by atoms with Crippen molar-refractivity contribution in [2.75, 3.05) is 0 Å². The van der Waals surface area contributed by atoms with Crippen LogP contribution in [0.1, 0.15) is 29.1 Å². The smallest absolute Gasteiger partial charge is 0.137 e. The third kappa shape index (κ3) is 2.10. The highest BCUT2D eigenvalue weighted by atomic mass is 79.9. The van der Waals surface area contributed by atoms with Crippen molar-refractivity contribution in [1.29, 1.82) is 0 Å². The maximum Gasteiger partial charge on any atom is 0.137 e. The zero-order chi connectivity index (χ0) is 11.8. The Morgan fingerprint density at radius 2 is 2.35 bits per heavy atom. The quantitative estimate of drug-likeness (QED) is 0.877. The number of halogens is 1. The summed E-state index contributed by atoms with van der Waals surface area (Å²) in [6, 6.07) is 5.71. The summed E-state index contributed by atoms with van der Waals surface area (Å²) in [5.41, 5.74) is 2.63. The number of thiazole rings is 1. The van der Waals surface area contributed by atoms with Gasteiger partial charge in [-0.15, -0.1) is 11.3 Å². The number of aliphatic hydroxyl groups is 1. The molecular weight excluding hydrogens is 302 g/mol. The molecule has 1 aliphatic heterocycles. The third-order valence-corrected chi connectivity index (χ3v) is 4.17. The van der Waals surface area contributed by atoms with Crippen molar-refractivity contribution in [3.05, 3.63) is 44.8 Å². The van der Waals surface area contributed by atoms with Gasteiger partial charge < -0.3 is 9.84 Å². The standard InChI is InChI=1S/C12H10BrNO2S/c13-7-1-2-8-9(15)4-11(16-10(8)3-7)12-5-14-6-17-12/h1-3,5-6,9,11,15H,4H2/t9-,11?/m0/s1. The molecule has 2 aromatic rings. The van der Waals surface area contributed by atoms with Crippen LogP contribution in [0.3, 0.4) is 0 Å². The Morgan fingerprint density at radius 3 is 3.12 bits per heavy atom. The second-order valence-electron chi connectivity index (χ2n) is 3.94. The van der Waals surface area contributed by atoms with Gasteiger partial charge in [0.2, 0.25) is 0 Å². The molecule has 0 radical (unpaired) electrons. The van der Waals surface area contributed by atoms with Gasteiger partial charge in [-0.3, -0.25) is 4.98 Å². The van der Waals surface area contributed by atoms with Gasteiger partial charge in [-0.05, 0) is 12.1 Å². The fourth-order valence-corrected chi connectivity index (χ4v) is 2.98. The van der Waals surface area contributed by atoms with E-state index in [2.05, 4.69) is 20.9 Å². The molecule has 0 saturated heterocycles. The lowest BCUT2D eigenvalue weighted by atomic mass is 9.99. The molecule has 1 N–H and O–H groups in total. The van der Waals surface area contributed by atoms with E-state index in [-0.39, 0.29) is 6.10 Å². The fourth-order valence-electron chi connectivity index (χ4n) is 1.98. The Kier molecular flexibility index (Phi) is 2.90. The maximum absolute atomic E-state index is 10.1. The van der Waals surface area contributed by atoms with Crippen LogP contribution in [0.15, 0.2) is 34.4 Å². The highest BCUT2D eigenvalue weighted by Crippen LogP contribution is 2.42. The molecule has 3 nitrogen and oxygen atoms in total. The number of rotatable bonds is 1. The van der Waals surface area contributed by atoms with E-state index in [0.717, 1.165) is 20.7 Å².